The van der Waals surface area contributed by atoms with Gasteiger partial charge in [-0.1, -0.05) is 12.1 Å². The number of hydrogen-bond acceptors (Lipinski definition) is 4. The molecule has 1 aromatic rings. The Kier molecular flexibility index (Phi) is 5.85. The summed E-state index contributed by atoms with van der Waals surface area (Å²) < 4.78 is 9.71. The molecule has 0 aliphatic carbocycles. The van der Waals surface area contributed by atoms with Crippen molar-refractivity contribution >= 4 is 18.4 Å². The van der Waals surface area contributed by atoms with Gasteiger partial charge in [-0.05, 0) is 24.1 Å². The maximum Gasteiger partial charge on any atom is 0.327 e. The van der Waals surface area contributed by atoms with Crippen LogP contribution in [0.2, 0.25) is 0 Å². The predicted octanol–water partition coefficient (Wildman–Crippen LogP) is 1.60. The number of aryl methyl sites for hydroxylation is 1. The highest BCUT2D eigenvalue weighted by Gasteiger charge is 2.16. The molecule has 0 unspecified atom stereocenters. The van der Waals surface area contributed by atoms with Crippen LogP contribution >= 0.6 is 12.4 Å². The maximum atomic E-state index is 11.2. The second kappa shape index (κ2) is 6.35. The Morgan fingerprint density at radius 2 is 2.00 bits per heavy atom. The van der Waals surface area contributed by atoms with Gasteiger partial charge >= 0.3 is 5.97 Å². The first-order valence-corrected chi connectivity index (χ1v) is 4.58. The molecule has 0 heterocycles. The molecule has 90 valence electrons. The van der Waals surface area contributed by atoms with Crippen LogP contribution in [0.1, 0.15) is 17.2 Å². The maximum absolute atomic E-state index is 11.2. The molecule has 16 heavy (non-hydrogen) atoms. The van der Waals surface area contributed by atoms with Crippen molar-refractivity contribution in [3.05, 3.63) is 29.3 Å². The minimum Gasteiger partial charge on any atom is -0.496 e. The molecule has 0 spiro atoms. The normalized spacial score (nSPS) is 11.2. The summed E-state index contributed by atoms with van der Waals surface area (Å²) in [4.78, 5) is 11.2. The van der Waals surface area contributed by atoms with Crippen molar-refractivity contribution in [2.45, 2.75) is 13.0 Å². The zero-order valence-electron chi connectivity index (χ0n) is 9.52. The van der Waals surface area contributed by atoms with Crippen molar-refractivity contribution in [1.29, 1.82) is 0 Å². The van der Waals surface area contributed by atoms with Crippen molar-refractivity contribution in [1.82, 2.24) is 0 Å². The highest BCUT2D eigenvalue weighted by molar-refractivity contribution is 5.85. The molecule has 0 saturated carbocycles. The Labute approximate surface area is 101 Å². The lowest BCUT2D eigenvalue weighted by atomic mass is 10.1. The van der Waals surface area contributed by atoms with Crippen molar-refractivity contribution in [3.8, 4) is 5.75 Å². The Hall–Kier alpha value is -1.26. The minimum absolute atomic E-state index is 0. The Morgan fingerprint density at radius 1 is 1.38 bits per heavy atom. The fourth-order valence-corrected chi connectivity index (χ4v) is 1.29. The summed E-state index contributed by atoms with van der Waals surface area (Å²) >= 11 is 0. The summed E-state index contributed by atoms with van der Waals surface area (Å²) in [5.74, 6) is 0.257. The van der Waals surface area contributed by atoms with Crippen LogP contribution < -0.4 is 10.5 Å². The Bertz CT molecular complexity index is 368. The number of ether oxygens (including phenoxy) is 2. The smallest absolute Gasteiger partial charge is 0.327 e. The number of esters is 1. The number of carbonyl (C=O) groups is 1. The third-order valence-electron chi connectivity index (χ3n) is 2.25. The Balaban J connectivity index is 0.00000225. The van der Waals surface area contributed by atoms with Gasteiger partial charge < -0.3 is 15.2 Å². The molecule has 0 fully saturated rings. The van der Waals surface area contributed by atoms with Crippen molar-refractivity contribution < 1.29 is 14.3 Å². The molecule has 1 atom stereocenters. The lowest BCUT2D eigenvalue weighted by Gasteiger charge is -2.12. The molecule has 0 aliphatic heterocycles. The standard InChI is InChI=1S/C11H15NO3.ClH/c1-7-4-5-8(6-9(7)14-2)10(12)11(13)15-3;/h4-6,10H,12H2,1-3H3;1H/t10-;/m1./s1. The quantitative estimate of drug-likeness (QED) is 0.822. The van der Waals surface area contributed by atoms with Crippen molar-refractivity contribution in [3.63, 3.8) is 0 Å². The monoisotopic (exact) mass is 245 g/mol. The van der Waals surface area contributed by atoms with Gasteiger partial charge in [0.25, 0.3) is 0 Å². The van der Waals surface area contributed by atoms with Gasteiger partial charge in [-0.25, -0.2) is 0 Å². The number of nitrogens with two attached hydrogens (primary N) is 1. The lowest BCUT2D eigenvalue weighted by Crippen LogP contribution is -2.22. The van der Waals surface area contributed by atoms with Crippen LogP contribution in [0, 0.1) is 6.92 Å². The summed E-state index contributed by atoms with van der Waals surface area (Å²) in [5, 5.41) is 0. The van der Waals surface area contributed by atoms with Crippen LogP contribution in [0.15, 0.2) is 18.2 Å². The van der Waals surface area contributed by atoms with Crippen LogP contribution in [0.3, 0.4) is 0 Å². The third-order valence-corrected chi connectivity index (χ3v) is 2.25. The van der Waals surface area contributed by atoms with Gasteiger partial charge in [-0.3, -0.25) is 4.79 Å². The molecular weight excluding hydrogens is 230 g/mol. The lowest BCUT2D eigenvalue weighted by molar-refractivity contribution is -0.142. The molecule has 5 heteroatoms. The highest BCUT2D eigenvalue weighted by atomic mass is 35.5. The average Bonchev–Trinajstić information content (AvgIpc) is 2.27. The van der Waals surface area contributed by atoms with E-state index in [4.69, 9.17) is 10.5 Å². The van der Waals surface area contributed by atoms with Crippen LogP contribution in [-0.2, 0) is 9.53 Å². The van der Waals surface area contributed by atoms with E-state index in [-0.39, 0.29) is 12.4 Å². The fraction of sp³-hybridized carbons (Fsp3) is 0.364. The van der Waals surface area contributed by atoms with Gasteiger partial charge in [-0.15, -0.1) is 12.4 Å². The number of halogens is 1. The molecule has 0 saturated heterocycles. The van der Waals surface area contributed by atoms with E-state index in [0.29, 0.717) is 11.3 Å². The molecule has 1 aromatic carbocycles. The number of carbonyl (C=O) groups excluding carboxylic acids is 1. The molecule has 0 aliphatic rings. The number of methoxy groups -OCH3 is 2. The topological polar surface area (TPSA) is 61.5 Å². The molecule has 0 bridgehead atoms. The van der Waals surface area contributed by atoms with Gasteiger partial charge in [0, 0.05) is 0 Å². The van der Waals surface area contributed by atoms with Gasteiger partial charge in [0.05, 0.1) is 14.2 Å². The largest absolute Gasteiger partial charge is 0.496 e. The molecule has 2 N–H and O–H groups in total. The van der Waals surface area contributed by atoms with E-state index in [0.717, 1.165) is 5.56 Å². The van der Waals surface area contributed by atoms with E-state index in [1.165, 1.54) is 7.11 Å². The summed E-state index contributed by atoms with van der Waals surface area (Å²) in [6.45, 7) is 1.92. The van der Waals surface area contributed by atoms with E-state index in [1.54, 1.807) is 19.2 Å². The molecule has 4 nitrogen and oxygen atoms in total. The van der Waals surface area contributed by atoms with E-state index in [1.807, 2.05) is 13.0 Å². The highest BCUT2D eigenvalue weighted by Crippen LogP contribution is 2.22. The molecule has 1 rings (SSSR count). The second-order valence-electron chi connectivity index (χ2n) is 3.23. The predicted molar refractivity (Wildman–Crippen MR) is 63.9 cm³/mol. The van der Waals surface area contributed by atoms with Crippen molar-refractivity contribution in [2.24, 2.45) is 5.73 Å². The van der Waals surface area contributed by atoms with E-state index in [9.17, 15) is 4.79 Å². The molecule has 0 aromatic heterocycles. The van der Waals surface area contributed by atoms with Crippen molar-refractivity contribution in [2.75, 3.05) is 14.2 Å². The van der Waals surface area contributed by atoms with E-state index < -0.39 is 12.0 Å². The second-order valence-corrected chi connectivity index (χ2v) is 3.23. The van der Waals surface area contributed by atoms with Crippen LogP contribution in [-0.4, -0.2) is 20.2 Å². The minimum atomic E-state index is -0.760. The van der Waals surface area contributed by atoms with Gasteiger partial charge in [0.1, 0.15) is 11.8 Å². The number of hydrogen-bond donors (Lipinski definition) is 1. The van der Waals surface area contributed by atoms with Gasteiger partial charge in [-0.2, -0.15) is 0 Å². The first kappa shape index (κ1) is 14.7. The third kappa shape index (κ3) is 3.12. The fourth-order valence-electron chi connectivity index (χ4n) is 1.29. The summed E-state index contributed by atoms with van der Waals surface area (Å²) in [6.07, 6.45) is 0. The van der Waals surface area contributed by atoms with Crippen LogP contribution in [0.4, 0.5) is 0 Å². The average molecular weight is 246 g/mol. The summed E-state index contributed by atoms with van der Waals surface area (Å²) in [5.41, 5.74) is 7.38. The van der Waals surface area contributed by atoms with Gasteiger partial charge in [0.2, 0.25) is 0 Å². The first-order valence-electron chi connectivity index (χ1n) is 4.58. The first-order chi connectivity index (χ1) is 7.10. The van der Waals surface area contributed by atoms with Crippen LogP contribution in [0.5, 0.6) is 5.75 Å². The molecule has 0 radical (unpaired) electrons. The zero-order chi connectivity index (χ0) is 11.4. The SMILES string of the molecule is COC(=O)[C@H](N)c1ccc(C)c(OC)c1.Cl. The Morgan fingerprint density at radius 3 is 2.50 bits per heavy atom. The molecular formula is C11H16ClNO3. The van der Waals surface area contributed by atoms with Gasteiger partial charge in [0.15, 0.2) is 0 Å². The van der Waals surface area contributed by atoms with Crippen LogP contribution in [0.25, 0.3) is 0 Å². The van der Waals surface area contributed by atoms with E-state index >= 15 is 0 Å². The number of benzene rings is 1. The van der Waals surface area contributed by atoms with E-state index in [2.05, 4.69) is 4.74 Å². The summed E-state index contributed by atoms with van der Waals surface area (Å²) in [7, 11) is 2.89. The summed E-state index contributed by atoms with van der Waals surface area (Å²) in [6, 6.07) is 4.64. The number of rotatable bonds is 3. The molecule has 0 amide bonds. The zero-order valence-corrected chi connectivity index (χ0v) is 10.3.